The number of fused-ring (bicyclic) bond motifs is 1. The van der Waals surface area contributed by atoms with Crippen LogP contribution in [0.2, 0.25) is 5.02 Å². The van der Waals surface area contributed by atoms with E-state index in [1.165, 1.54) is 12.7 Å². The molecule has 8 nitrogen and oxygen atoms in total. The molecule has 1 aliphatic rings. The number of nitrogens with one attached hydrogen (secondary N) is 3. The van der Waals surface area contributed by atoms with Gasteiger partial charge in [0.1, 0.15) is 11.5 Å². The number of benzene rings is 2. The van der Waals surface area contributed by atoms with Gasteiger partial charge in [-0.2, -0.15) is 0 Å². The van der Waals surface area contributed by atoms with E-state index in [-0.39, 0.29) is 11.6 Å². The number of anilines is 1. The molecule has 0 aromatic heterocycles. The number of carbonyl (C=O) groups excluding carboxylic acids is 1. The number of ether oxygens (including phenoxy) is 2. The topological polar surface area (TPSA) is 125 Å². The van der Waals surface area contributed by atoms with Gasteiger partial charge in [0.2, 0.25) is 0 Å². The van der Waals surface area contributed by atoms with Crippen LogP contribution in [-0.2, 0) is 16.0 Å². The van der Waals surface area contributed by atoms with Crippen molar-refractivity contribution >= 4 is 41.1 Å². The predicted octanol–water partition coefficient (Wildman–Crippen LogP) is 3.82. The van der Waals surface area contributed by atoms with Gasteiger partial charge < -0.3 is 30.8 Å². The van der Waals surface area contributed by atoms with Crippen LogP contribution >= 0.6 is 11.6 Å². The molecular weight excluding hydrogens is 454 g/mol. The van der Waals surface area contributed by atoms with Gasteiger partial charge in [-0.05, 0) is 62.3 Å². The molecule has 1 aliphatic heterocycles. The molecule has 0 radical (unpaired) electrons. The largest absolute Gasteiger partial charge is 0.493 e. The number of allylic oxidation sites excluding steroid dienone is 1. The Labute approximate surface area is 205 Å². The summed E-state index contributed by atoms with van der Waals surface area (Å²) in [7, 11) is 5.36. The Balaban J connectivity index is 0.000000305. The lowest BCUT2D eigenvalue weighted by Gasteiger charge is -2.16. The highest BCUT2D eigenvalue weighted by Gasteiger charge is 2.12. The van der Waals surface area contributed by atoms with Crippen molar-refractivity contribution < 1.29 is 14.3 Å². The summed E-state index contributed by atoms with van der Waals surface area (Å²) in [5.74, 6) is 1.14. The lowest BCUT2D eigenvalue weighted by Crippen LogP contribution is -2.21. The van der Waals surface area contributed by atoms with Crippen molar-refractivity contribution in [3.8, 4) is 5.75 Å². The Morgan fingerprint density at radius 2 is 2.06 bits per heavy atom. The number of methoxy groups -OCH3 is 1. The molecule has 3 rings (SSSR count). The number of likely N-dealkylation sites (N-methyl/N-ethyl adjacent to an activating group) is 1. The quantitative estimate of drug-likeness (QED) is 0.243. The summed E-state index contributed by atoms with van der Waals surface area (Å²) in [5.41, 5.74) is 9.14. The second kappa shape index (κ2) is 13.4. The first-order chi connectivity index (χ1) is 16.3. The summed E-state index contributed by atoms with van der Waals surface area (Å²) < 4.78 is 10.4. The van der Waals surface area contributed by atoms with E-state index in [1.54, 1.807) is 18.2 Å². The SMILES string of the molecule is CO/C(N)=C(/C=N)c1ccc(C(=N)C=O)c(NCCN(C)C)c1.Clc1ccc2c(c1)CCCO2. The van der Waals surface area contributed by atoms with Crippen LogP contribution in [0.1, 0.15) is 23.1 Å². The van der Waals surface area contributed by atoms with Crippen LogP contribution in [-0.4, -0.2) is 64.0 Å². The maximum absolute atomic E-state index is 10.9. The number of nitrogens with zero attached hydrogens (tertiary/aromatic N) is 1. The molecule has 5 N–H and O–H groups in total. The van der Waals surface area contributed by atoms with E-state index in [0.717, 1.165) is 43.0 Å². The standard InChI is InChI=1S/C16H23N5O2.C9H9ClO/c1-21(2)7-6-20-15-8-11(13(9-17)16(19)23-3)4-5-12(15)14(18)10-22;10-8-3-4-9-7(6-8)2-1-5-11-9/h4-5,8-10,17-18,20H,6-7,19H2,1-3H3;3-4,6H,1-2,5H2/b16-13-,17-9?,18-14?;. The minimum atomic E-state index is -0.107. The lowest BCUT2D eigenvalue weighted by atomic mass is 10.0. The van der Waals surface area contributed by atoms with Gasteiger partial charge in [-0.3, -0.25) is 10.2 Å². The number of halogens is 1. The first-order valence-electron chi connectivity index (χ1n) is 10.8. The third kappa shape index (κ3) is 7.60. The summed E-state index contributed by atoms with van der Waals surface area (Å²) >= 11 is 5.82. The number of rotatable bonds is 9. The molecular formula is C25H32ClN5O3. The van der Waals surface area contributed by atoms with Crippen LogP contribution in [0.5, 0.6) is 5.75 Å². The van der Waals surface area contributed by atoms with Gasteiger partial charge in [0.15, 0.2) is 12.2 Å². The van der Waals surface area contributed by atoms with Crippen molar-refractivity contribution in [1.82, 2.24) is 4.90 Å². The average Bonchev–Trinajstić information content (AvgIpc) is 2.84. The minimum Gasteiger partial charge on any atom is -0.493 e. The molecule has 0 bridgehead atoms. The van der Waals surface area contributed by atoms with Crippen molar-refractivity contribution in [2.24, 2.45) is 5.73 Å². The van der Waals surface area contributed by atoms with Crippen molar-refractivity contribution in [3.63, 3.8) is 0 Å². The molecule has 9 heteroatoms. The van der Waals surface area contributed by atoms with E-state index in [0.29, 0.717) is 35.2 Å². The van der Waals surface area contributed by atoms with E-state index >= 15 is 0 Å². The maximum Gasteiger partial charge on any atom is 0.193 e. The van der Waals surface area contributed by atoms with Crippen LogP contribution in [0.15, 0.2) is 42.3 Å². The molecule has 0 atom stereocenters. The third-order valence-corrected chi connectivity index (χ3v) is 5.35. The number of carbonyl (C=O) groups is 1. The van der Waals surface area contributed by atoms with Gasteiger partial charge in [0.25, 0.3) is 0 Å². The van der Waals surface area contributed by atoms with E-state index in [2.05, 4.69) is 5.32 Å². The van der Waals surface area contributed by atoms with Crippen molar-refractivity contribution in [3.05, 3.63) is 64.0 Å². The average molecular weight is 486 g/mol. The highest BCUT2D eigenvalue weighted by Crippen LogP contribution is 2.27. The Morgan fingerprint density at radius 3 is 2.71 bits per heavy atom. The maximum atomic E-state index is 10.9. The second-order valence-electron chi connectivity index (χ2n) is 7.85. The fraction of sp³-hybridized carbons (Fsp3) is 0.320. The Kier molecular flexibility index (Phi) is 10.6. The van der Waals surface area contributed by atoms with Gasteiger partial charge in [0.05, 0.1) is 19.3 Å². The van der Waals surface area contributed by atoms with Crippen molar-refractivity contribution in [2.75, 3.05) is 46.2 Å². The number of hydrogen-bond acceptors (Lipinski definition) is 8. The fourth-order valence-corrected chi connectivity index (χ4v) is 3.50. The Morgan fingerprint density at radius 1 is 1.29 bits per heavy atom. The van der Waals surface area contributed by atoms with Gasteiger partial charge in [-0.15, -0.1) is 0 Å². The smallest absolute Gasteiger partial charge is 0.193 e. The number of hydrogen-bond donors (Lipinski definition) is 4. The molecule has 1 heterocycles. The molecule has 0 unspecified atom stereocenters. The van der Waals surface area contributed by atoms with Gasteiger partial charge in [-0.1, -0.05) is 23.7 Å². The second-order valence-corrected chi connectivity index (χ2v) is 8.29. The summed E-state index contributed by atoms with van der Waals surface area (Å²) in [6.45, 7) is 2.29. The van der Waals surface area contributed by atoms with Gasteiger partial charge >= 0.3 is 0 Å². The molecule has 2 aromatic carbocycles. The number of nitrogens with two attached hydrogens (primary N) is 1. The molecule has 2 aromatic rings. The fourth-order valence-electron chi connectivity index (χ4n) is 3.31. The minimum absolute atomic E-state index is 0.107. The van der Waals surface area contributed by atoms with Crippen LogP contribution in [0.3, 0.4) is 0 Å². The summed E-state index contributed by atoms with van der Waals surface area (Å²) in [4.78, 5) is 12.9. The molecule has 182 valence electrons. The third-order valence-electron chi connectivity index (χ3n) is 5.11. The predicted molar refractivity (Wildman–Crippen MR) is 139 cm³/mol. The summed E-state index contributed by atoms with van der Waals surface area (Å²) in [5, 5.41) is 19.3. The van der Waals surface area contributed by atoms with Crippen LogP contribution in [0, 0.1) is 10.8 Å². The summed E-state index contributed by atoms with van der Waals surface area (Å²) in [6.07, 6.45) is 3.81. The highest BCUT2D eigenvalue weighted by molar-refractivity contribution is 6.36. The zero-order valence-electron chi connectivity index (χ0n) is 19.8. The van der Waals surface area contributed by atoms with Crippen LogP contribution in [0.4, 0.5) is 5.69 Å². The lowest BCUT2D eigenvalue weighted by molar-refractivity contribution is -0.102. The van der Waals surface area contributed by atoms with E-state index in [1.807, 2.05) is 37.2 Å². The highest BCUT2D eigenvalue weighted by atomic mass is 35.5. The zero-order chi connectivity index (χ0) is 25.1. The first-order valence-corrected chi connectivity index (χ1v) is 11.2. The Bertz CT molecular complexity index is 1050. The molecule has 0 aliphatic carbocycles. The molecule has 0 saturated carbocycles. The molecule has 34 heavy (non-hydrogen) atoms. The molecule has 0 fully saturated rings. The molecule has 0 saturated heterocycles. The van der Waals surface area contributed by atoms with Crippen molar-refractivity contribution in [2.45, 2.75) is 12.8 Å². The van der Waals surface area contributed by atoms with Gasteiger partial charge in [0, 0.05) is 35.6 Å². The van der Waals surface area contributed by atoms with Gasteiger partial charge in [-0.25, -0.2) is 0 Å². The van der Waals surface area contributed by atoms with Crippen LogP contribution in [0.25, 0.3) is 5.57 Å². The summed E-state index contributed by atoms with van der Waals surface area (Å²) in [6, 6.07) is 10.9. The van der Waals surface area contributed by atoms with E-state index < -0.39 is 0 Å². The van der Waals surface area contributed by atoms with Crippen molar-refractivity contribution in [1.29, 1.82) is 10.8 Å². The normalized spacial score (nSPS) is 12.9. The van der Waals surface area contributed by atoms with E-state index in [4.69, 9.17) is 37.6 Å². The Hall–Kier alpha value is -3.36. The number of aldehydes is 1. The monoisotopic (exact) mass is 485 g/mol. The van der Waals surface area contributed by atoms with Crippen LogP contribution < -0.4 is 15.8 Å². The zero-order valence-corrected chi connectivity index (χ0v) is 20.5. The first kappa shape index (κ1) is 26.9. The molecule has 0 amide bonds. The molecule has 0 spiro atoms. The van der Waals surface area contributed by atoms with E-state index in [9.17, 15) is 4.79 Å². The number of aryl methyl sites for hydroxylation is 1.